The van der Waals surface area contributed by atoms with Gasteiger partial charge in [-0.3, -0.25) is 0 Å². The maximum atomic E-state index is 10.4. The van der Waals surface area contributed by atoms with E-state index < -0.39 is 6.29 Å². The molecule has 2 aliphatic heterocycles. The van der Waals surface area contributed by atoms with E-state index in [0.717, 1.165) is 49.3 Å². The largest absolute Gasteiger partial charge is 0.492 e. The molecular formula is C23H34N2O3. The predicted octanol–water partition coefficient (Wildman–Crippen LogP) is 3.22. The van der Waals surface area contributed by atoms with Crippen molar-refractivity contribution in [1.82, 2.24) is 10.2 Å². The van der Waals surface area contributed by atoms with Crippen LogP contribution in [-0.2, 0) is 15.9 Å². The molecule has 0 radical (unpaired) electrons. The highest BCUT2D eigenvalue weighted by molar-refractivity contribution is 5.42. The third-order valence-electron chi connectivity index (χ3n) is 5.45. The normalized spacial score (nSPS) is 21.7. The average molecular weight is 387 g/mol. The average Bonchev–Trinajstić information content (AvgIpc) is 3.09. The standard InChI is InChI=1S/C23H34N2O3/c1-3-4-12-24-13-8-9-14-27-21-16-25(2)20(15-18-10-6-5-7-11-18)22-19(21)17-28-23(22)26/h5-7,10-11,16,20,23-24,26H,3-4,8-9,12-15,17H2,1-2H3. The van der Waals surface area contributed by atoms with Crippen LogP contribution in [0.5, 0.6) is 0 Å². The van der Waals surface area contributed by atoms with Crippen LogP contribution in [-0.4, -0.2) is 55.7 Å². The number of benzene rings is 1. The molecule has 3 rings (SSSR count). The minimum Gasteiger partial charge on any atom is -0.492 e. The molecule has 0 spiro atoms. The first-order valence-electron chi connectivity index (χ1n) is 10.5. The van der Waals surface area contributed by atoms with Crippen molar-refractivity contribution in [2.24, 2.45) is 0 Å². The van der Waals surface area contributed by atoms with Crippen LogP contribution in [0.4, 0.5) is 0 Å². The smallest absolute Gasteiger partial charge is 0.180 e. The van der Waals surface area contributed by atoms with Crippen LogP contribution in [0.2, 0.25) is 0 Å². The molecule has 28 heavy (non-hydrogen) atoms. The zero-order chi connectivity index (χ0) is 19.8. The van der Waals surface area contributed by atoms with Gasteiger partial charge in [0.1, 0.15) is 5.76 Å². The monoisotopic (exact) mass is 386 g/mol. The number of aliphatic hydroxyl groups excluding tert-OH is 1. The van der Waals surface area contributed by atoms with E-state index in [1.165, 1.54) is 18.4 Å². The number of nitrogens with zero attached hydrogens (tertiary/aromatic N) is 1. The zero-order valence-corrected chi connectivity index (χ0v) is 17.2. The van der Waals surface area contributed by atoms with E-state index in [-0.39, 0.29) is 6.04 Å². The third kappa shape index (κ3) is 5.37. The number of likely N-dealkylation sites (N-methyl/N-ethyl adjacent to an activating group) is 1. The van der Waals surface area contributed by atoms with E-state index in [2.05, 4.69) is 47.6 Å². The first-order chi connectivity index (χ1) is 13.7. The molecule has 0 fully saturated rings. The summed E-state index contributed by atoms with van der Waals surface area (Å²) in [5.74, 6) is 0.845. The van der Waals surface area contributed by atoms with Gasteiger partial charge in [-0.2, -0.15) is 0 Å². The highest BCUT2D eigenvalue weighted by Gasteiger charge is 2.37. The van der Waals surface area contributed by atoms with Gasteiger partial charge in [-0.05, 0) is 44.3 Å². The van der Waals surface area contributed by atoms with E-state index >= 15 is 0 Å². The van der Waals surface area contributed by atoms with E-state index in [4.69, 9.17) is 9.47 Å². The van der Waals surface area contributed by atoms with Crippen LogP contribution in [0.25, 0.3) is 0 Å². The summed E-state index contributed by atoms with van der Waals surface area (Å²) in [4.78, 5) is 2.14. The molecule has 0 aliphatic carbocycles. The van der Waals surface area contributed by atoms with Gasteiger partial charge >= 0.3 is 0 Å². The Hall–Kier alpha value is -1.82. The number of hydrogen-bond acceptors (Lipinski definition) is 5. The topological polar surface area (TPSA) is 54.0 Å². The molecule has 5 nitrogen and oxygen atoms in total. The van der Waals surface area contributed by atoms with Gasteiger partial charge in [-0.25, -0.2) is 0 Å². The van der Waals surface area contributed by atoms with Crippen LogP contribution in [0.1, 0.15) is 38.2 Å². The lowest BCUT2D eigenvalue weighted by atomic mass is 9.91. The fourth-order valence-electron chi connectivity index (χ4n) is 3.81. The molecule has 0 bridgehead atoms. The van der Waals surface area contributed by atoms with Crippen LogP contribution in [0.3, 0.4) is 0 Å². The Labute approximate surface area is 169 Å². The first-order valence-corrected chi connectivity index (χ1v) is 10.5. The SMILES string of the molecule is CCCCNCCCCOC1=CN(C)C(Cc2ccccc2)C2=C1COC2O. The Kier molecular flexibility index (Phi) is 7.95. The lowest BCUT2D eigenvalue weighted by Gasteiger charge is -2.34. The summed E-state index contributed by atoms with van der Waals surface area (Å²) in [6.07, 6.45) is 6.64. The van der Waals surface area contributed by atoms with Gasteiger partial charge in [0.25, 0.3) is 0 Å². The molecule has 154 valence electrons. The molecule has 2 heterocycles. The number of nitrogens with one attached hydrogen (secondary N) is 1. The Morgan fingerprint density at radius 3 is 2.75 bits per heavy atom. The summed E-state index contributed by atoms with van der Waals surface area (Å²) >= 11 is 0. The molecule has 5 heteroatoms. The Bertz CT molecular complexity index is 672. The van der Waals surface area contributed by atoms with Gasteiger partial charge < -0.3 is 24.8 Å². The van der Waals surface area contributed by atoms with E-state index in [9.17, 15) is 5.11 Å². The summed E-state index contributed by atoms with van der Waals surface area (Å²) in [6, 6.07) is 10.5. The van der Waals surface area contributed by atoms with Crippen LogP contribution >= 0.6 is 0 Å². The maximum Gasteiger partial charge on any atom is 0.180 e. The van der Waals surface area contributed by atoms with Gasteiger partial charge in [0.05, 0.1) is 19.3 Å². The predicted molar refractivity (Wildman–Crippen MR) is 112 cm³/mol. The number of unbranched alkanes of at least 4 members (excludes halogenated alkanes) is 2. The molecule has 2 aliphatic rings. The van der Waals surface area contributed by atoms with Gasteiger partial charge in [0, 0.05) is 24.4 Å². The molecule has 0 saturated carbocycles. The molecule has 0 amide bonds. The molecule has 2 unspecified atom stereocenters. The van der Waals surface area contributed by atoms with Gasteiger partial charge in [0.2, 0.25) is 0 Å². The van der Waals surface area contributed by atoms with Crippen molar-refractivity contribution in [3.8, 4) is 0 Å². The van der Waals surface area contributed by atoms with Gasteiger partial charge in [-0.1, -0.05) is 43.7 Å². The van der Waals surface area contributed by atoms with Crippen LogP contribution < -0.4 is 5.32 Å². The van der Waals surface area contributed by atoms with E-state index in [0.29, 0.717) is 13.2 Å². The van der Waals surface area contributed by atoms with Gasteiger partial charge in [-0.15, -0.1) is 0 Å². The Morgan fingerprint density at radius 1 is 1.18 bits per heavy atom. The van der Waals surface area contributed by atoms with E-state index in [1.807, 2.05) is 13.1 Å². The highest BCUT2D eigenvalue weighted by Crippen LogP contribution is 2.36. The fourth-order valence-corrected chi connectivity index (χ4v) is 3.81. The summed E-state index contributed by atoms with van der Waals surface area (Å²) in [7, 11) is 2.05. The maximum absolute atomic E-state index is 10.4. The van der Waals surface area contributed by atoms with Crippen molar-refractivity contribution >= 4 is 0 Å². The zero-order valence-electron chi connectivity index (χ0n) is 17.2. The quantitative estimate of drug-likeness (QED) is 0.572. The van der Waals surface area contributed by atoms with Crippen molar-refractivity contribution in [2.75, 3.05) is 33.4 Å². The number of ether oxygens (including phenoxy) is 2. The second-order valence-corrected chi connectivity index (χ2v) is 7.62. The summed E-state index contributed by atoms with van der Waals surface area (Å²) in [6.45, 7) is 5.45. The van der Waals surface area contributed by atoms with Crippen LogP contribution in [0, 0.1) is 0 Å². The summed E-state index contributed by atoms with van der Waals surface area (Å²) in [5, 5.41) is 13.9. The molecular weight excluding hydrogens is 352 g/mol. The molecule has 2 N–H and O–H groups in total. The fraction of sp³-hybridized carbons (Fsp3) is 0.565. The van der Waals surface area contributed by atoms with Crippen molar-refractivity contribution in [3.05, 3.63) is 59.0 Å². The lowest BCUT2D eigenvalue weighted by Crippen LogP contribution is -2.38. The van der Waals surface area contributed by atoms with Crippen molar-refractivity contribution in [1.29, 1.82) is 0 Å². The molecule has 2 atom stereocenters. The second-order valence-electron chi connectivity index (χ2n) is 7.62. The highest BCUT2D eigenvalue weighted by atomic mass is 16.6. The number of hydrogen-bond donors (Lipinski definition) is 2. The Morgan fingerprint density at radius 2 is 1.96 bits per heavy atom. The first kappa shape index (κ1) is 20.9. The Balaban J connectivity index is 1.55. The van der Waals surface area contributed by atoms with Crippen molar-refractivity contribution < 1.29 is 14.6 Å². The van der Waals surface area contributed by atoms with Gasteiger partial charge in [0.15, 0.2) is 6.29 Å². The molecule has 0 saturated heterocycles. The van der Waals surface area contributed by atoms with Crippen molar-refractivity contribution in [3.63, 3.8) is 0 Å². The minimum atomic E-state index is -0.846. The summed E-state index contributed by atoms with van der Waals surface area (Å²) in [5.41, 5.74) is 3.22. The molecule has 1 aromatic rings. The third-order valence-corrected chi connectivity index (χ3v) is 5.45. The van der Waals surface area contributed by atoms with Crippen molar-refractivity contribution in [2.45, 2.75) is 51.4 Å². The van der Waals surface area contributed by atoms with Crippen LogP contribution in [0.15, 0.2) is 53.4 Å². The second kappa shape index (κ2) is 10.6. The number of aliphatic hydroxyl groups is 1. The van der Waals surface area contributed by atoms with E-state index in [1.54, 1.807) is 0 Å². The lowest BCUT2D eigenvalue weighted by molar-refractivity contribution is -0.0511. The molecule has 0 aromatic heterocycles. The molecule has 1 aromatic carbocycles. The summed E-state index contributed by atoms with van der Waals surface area (Å²) < 4.78 is 11.6. The minimum absolute atomic E-state index is 0.0880. The number of rotatable bonds is 11.